The number of furan rings is 1. The van der Waals surface area contributed by atoms with Crippen LogP contribution in [0.2, 0.25) is 0 Å². The third-order valence-corrected chi connectivity index (χ3v) is 1.83. The van der Waals surface area contributed by atoms with Gasteiger partial charge in [-0.05, 0) is 38.5 Å². The van der Waals surface area contributed by atoms with Gasteiger partial charge in [0.15, 0.2) is 5.78 Å². The number of Topliss-reactive ketones (excluding diaryl/α,β-unsaturated/α-hetero) is 1. The largest absolute Gasteiger partial charge is 0.469 e. The molecular formula is C10H12O2. The monoisotopic (exact) mass is 164 g/mol. The smallest absolute Gasteiger partial charge is 0.155 e. The Hall–Kier alpha value is -1.31. The maximum absolute atomic E-state index is 10.9. The summed E-state index contributed by atoms with van der Waals surface area (Å²) in [5, 5.41) is 0. The van der Waals surface area contributed by atoms with Gasteiger partial charge in [-0.3, -0.25) is 4.79 Å². The predicted molar refractivity (Wildman–Crippen MR) is 47.8 cm³/mol. The predicted octanol–water partition coefficient (Wildman–Crippen LogP) is 2.58. The van der Waals surface area contributed by atoms with E-state index < -0.39 is 0 Å². The summed E-state index contributed by atoms with van der Waals surface area (Å²) in [5.74, 6) is 0.936. The molecule has 0 spiro atoms. The van der Waals surface area contributed by atoms with Crippen molar-refractivity contribution in [3.63, 3.8) is 0 Å². The average molecular weight is 164 g/mol. The molecule has 0 N–H and O–H groups in total. The summed E-state index contributed by atoms with van der Waals surface area (Å²) >= 11 is 0. The Morgan fingerprint density at radius 2 is 2.17 bits per heavy atom. The van der Waals surface area contributed by atoms with E-state index in [9.17, 15) is 4.79 Å². The number of carbonyl (C=O) groups excluding carboxylic acids is 1. The van der Waals surface area contributed by atoms with Gasteiger partial charge in [0.1, 0.15) is 5.76 Å². The fraction of sp³-hybridized carbons (Fsp3) is 0.300. The van der Waals surface area contributed by atoms with E-state index in [0.29, 0.717) is 0 Å². The standard InChI is InChI=1S/C10H12O2/c1-7(8(2)11)6-10-4-5-12-9(10)3/h4-6H,1-3H3/b7-6+. The highest BCUT2D eigenvalue weighted by Gasteiger charge is 2.00. The number of hydrogen-bond donors (Lipinski definition) is 0. The van der Waals surface area contributed by atoms with Gasteiger partial charge in [0, 0.05) is 5.56 Å². The van der Waals surface area contributed by atoms with Gasteiger partial charge in [-0.1, -0.05) is 0 Å². The van der Waals surface area contributed by atoms with Crippen LogP contribution < -0.4 is 0 Å². The molecule has 0 fully saturated rings. The van der Waals surface area contributed by atoms with Crippen LogP contribution in [0.4, 0.5) is 0 Å². The van der Waals surface area contributed by atoms with Crippen LogP contribution >= 0.6 is 0 Å². The summed E-state index contributed by atoms with van der Waals surface area (Å²) in [6, 6.07) is 1.85. The number of allylic oxidation sites excluding steroid dienone is 1. The van der Waals surface area contributed by atoms with Crippen LogP contribution in [0.25, 0.3) is 6.08 Å². The molecule has 0 saturated carbocycles. The molecule has 0 aliphatic carbocycles. The lowest BCUT2D eigenvalue weighted by Gasteiger charge is -1.93. The zero-order chi connectivity index (χ0) is 9.14. The van der Waals surface area contributed by atoms with Crippen molar-refractivity contribution in [1.29, 1.82) is 0 Å². The van der Waals surface area contributed by atoms with Gasteiger partial charge >= 0.3 is 0 Å². The van der Waals surface area contributed by atoms with E-state index in [1.165, 1.54) is 0 Å². The van der Waals surface area contributed by atoms with Crippen LogP contribution in [0, 0.1) is 6.92 Å². The second-order valence-corrected chi connectivity index (χ2v) is 2.82. The van der Waals surface area contributed by atoms with E-state index >= 15 is 0 Å². The third kappa shape index (κ3) is 1.84. The summed E-state index contributed by atoms with van der Waals surface area (Å²) in [7, 11) is 0. The Labute approximate surface area is 71.9 Å². The molecular weight excluding hydrogens is 152 g/mol. The minimum Gasteiger partial charge on any atom is -0.469 e. The van der Waals surface area contributed by atoms with E-state index in [-0.39, 0.29) is 5.78 Å². The summed E-state index contributed by atoms with van der Waals surface area (Å²) < 4.78 is 5.09. The molecule has 1 rings (SSSR count). The van der Waals surface area contributed by atoms with Gasteiger partial charge in [0.2, 0.25) is 0 Å². The summed E-state index contributed by atoms with van der Waals surface area (Å²) in [6.45, 7) is 5.23. The number of hydrogen-bond acceptors (Lipinski definition) is 2. The van der Waals surface area contributed by atoms with Crippen LogP contribution in [0.15, 0.2) is 22.3 Å². The molecule has 2 heteroatoms. The molecule has 0 saturated heterocycles. The highest BCUT2D eigenvalue weighted by molar-refractivity contribution is 5.97. The summed E-state index contributed by atoms with van der Waals surface area (Å²) in [5.41, 5.74) is 1.72. The normalized spacial score (nSPS) is 11.8. The first-order valence-corrected chi connectivity index (χ1v) is 3.84. The highest BCUT2D eigenvalue weighted by Crippen LogP contribution is 2.13. The average Bonchev–Trinajstić information content (AvgIpc) is 2.36. The van der Waals surface area contributed by atoms with Crippen LogP contribution in [-0.4, -0.2) is 5.78 Å². The maximum atomic E-state index is 10.9. The minimum atomic E-state index is 0.0931. The van der Waals surface area contributed by atoms with Gasteiger partial charge in [-0.2, -0.15) is 0 Å². The lowest BCUT2D eigenvalue weighted by Crippen LogP contribution is -1.90. The zero-order valence-electron chi connectivity index (χ0n) is 7.55. The van der Waals surface area contributed by atoms with Crippen molar-refractivity contribution >= 4 is 11.9 Å². The van der Waals surface area contributed by atoms with Crippen molar-refractivity contribution in [2.24, 2.45) is 0 Å². The van der Waals surface area contributed by atoms with E-state index in [1.54, 1.807) is 20.1 Å². The van der Waals surface area contributed by atoms with Crippen molar-refractivity contribution in [3.8, 4) is 0 Å². The lowest BCUT2D eigenvalue weighted by molar-refractivity contribution is -0.113. The maximum Gasteiger partial charge on any atom is 0.155 e. The zero-order valence-corrected chi connectivity index (χ0v) is 7.55. The van der Waals surface area contributed by atoms with E-state index in [2.05, 4.69) is 0 Å². The topological polar surface area (TPSA) is 30.2 Å². The molecule has 64 valence electrons. The van der Waals surface area contributed by atoms with Gasteiger partial charge in [0.25, 0.3) is 0 Å². The summed E-state index contributed by atoms with van der Waals surface area (Å²) in [6.07, 6.45) is 3.45. The van der Waals surface area contributed by atoms with Gasteiger partial charge in [0.05, 0.1) is 6.26 Å². The van der Waals surface area contributed by atoms with E-state index in [4.69, 9.17) is 4.42 Å². The Kier molecular flexibility index (Phi) is 2.48. The molecule has 0 bridgehead atoms. The van der Waals surface area contributed by atoms with Gasteiger partial charge in [-0.15, -0.1) is 0 Å². The Balaban J connectivity index is 2.95. The first-order valence-electron chi connectivity index (χ1n) is 3.84. The molecule has 0 radical (unpaired) electrons. The van der Waals surface area contributed by atoms with E-state index in [0.717, 1.165) is 16.9 Å². The van der Waals surface area contributed by atoms with Crippen molar-refractivity contribution in [3.05, 3.63) is 29.2 Å². The fourth-order valence-electron chi connectivity index (χ4n) is 0.879. The number of aryl methyl sites for hydroxylation is 1. The molecule has 0 aromatic carbocycles. The van der Waals surface area contributed by atoms with Crippen molar-refractivity contribution in [2.45, 2.75) is 20.8 Å². The quantitative estimate of drug-likeness (QED) is 0.629. The van der Waals surface area contributed by atoms with Crippen molar-refractivity contribution in [2.75, 3.05) is 0 Å². The highest BCUT2D eigenvalue weighted by atomic mass is 16.3. The fourth-order valence-corrected chi connectivity index (χ4v) is 0.879. The molecule has 1 aromatic rings. The molecule has 0 aliphatic rings. The Bertz CT molecular complexity index is 318. The third-order valence-electron chi connectivity index (χ3n) is 1.83. The second kappa shape index (κ2) is 3.39. The second-order valence-electron chi connectivity index (χ2n) is 2.82. The van der Waals surface area contributed by atoms with Crippen molar-refractivity contribution in [1.82, 2.24) is 0 Å². The first kappa shape index (κ1) is 8.78. The number of carbonyl (C=O) groups is 1. The van der Waals surface area contributed by atoms with Gasteiger partial charge in [-0.25, -0.2) is 0 Å². The molecule has 0 amide bonds. The molecule has 1 aromatic heterocycles. The molecule has 12 heavy (non-hydrogen) atoms. The van der Waals surface area contributed by atoms with Gasteiger partial charge < -0.3 is 4.42 Å². The van der Waals surface area contributed by atoms with Crippen molar-refractivity contribution < 1.29 is 9.21 Å². The van der Waals surface area contributed by atoms with Crippen LogP contribution in [0.1, 0.15) is 25.2 Å². The van der Waals surface area contributed by atoms with E-state index in [1.807, 2.05) is 19.1 Å². The number of ketones is 1. The van der Waals surface area contributed by atoms with Crippen LogP contribution in [0.3, 0.4) is 0 Å². The molecule has 1 heterocycles. The minimum absolute atomic E-state index is 0.0931. The Morgan fingerprint density at radius 1 is 1.50 bits per heavy atom. The lowest BCUT2D eigenvalue weighted by atomic mass is 10.1. The molecule has 0 aliphatic heterocycles. The molecule has 0 unspecified atom stereocenters. The Morgan fingerprint density at radius 3 is 2.58 bits per heavy atom. The molecule has 2 nitrogen and oxygen atoms in total. The molecule has 0 atom stereocenters. The summed E-state index contributed by atoms with van der Waals surface area (Å²) in [4.78, 5) is 10.9. The number of rotatable bonds is 2. The first-order chi connectivity index (χ1) is 5.61. The van der Waals surface area contributed by atoms with Crippen LogP contribution in [0.5, 0.6) is 0 Å². The van der Waals surface area contributed by atoms with Crippen LogP contribution in [-0.2, 0) is 4.79 Å². The SMILES string of the molecule is CC(=O)/C(C)=C/c1ccoc1C.